The summed E-state index contributed by atoms with van der Waals surface area (Å²) in [5.74, 6) is -2.29. The summed E-state index contributed by atoms with van der Waals surface area (Å²) in [5, 5.41) is 0. The molecule has 0 saturated heterocycles. The number of allylic oxidation sites excluding steroid dienone is 1. The number of halogens is 3. The highest BCUT2D eigenvalue weighted by Crippen LogP contribution is 2.54. The van der Waals surface area contributed by atoms with Gasteiger partial charge >= 0.3 is 0 Å². The van der Waals surface area contributed by atoms with Gasteiger partial charge in [-0.25, -0.2) is 13.2 Å². The highest BCUT2D eigenvalue weighted by Gasteiger charge is 2.53. The van der Waals surface area contributed by atoms with Crippen molar-refractivity contribution in [2.24, 2.45) is 29.6 Å². The Morgan fingerprint density at radius 2 is 1.46 bits per heavy atom. The number of hydrogen-bond donors (Lipinski definition) is 0. The topological polar surface area (TPSA) is 0 Å². The van der Waals surface area contributed by atoms with Crippen LogP contribution in [0.4, 0.5) is 13.2 Å². The Kier molecular flexibility index (Phi) is 4.92. The molecule has 0 aliphatic heterocycles. The first-order valence-electron chi connectivity index (χ1n) is 10.3. The molecule has 1 aromatic rings. The van der Waals surface area contributed by atoms with Crippen molar-refractivity contribution in [2.45, 2.75) is 63.7 Å². The van der Waals surface area contributed by atoms with E-state index in [1.807, 2.05) is 0 Å². The van der Waals surface area contributed by atoms with Crippen molar-refractivity contribution in [2.75, 3.05) is 0 Å². The Bertz CT molecular complexity index is 649. The van der Waals surface area contributed by atoms with Gasteiger partial charge in [-0.2, -0.15) is 0 Å². The summed E-state index contributed by atoms with van der Waals surface area (Å²) >= 11 is 0. The van der Waals surface area contributed by atoms with E-state index >= 15 is 0 Å². The van der Waals surface area contributed by atoms with E-state index in [-0.39, 0.29) is 11.5 Å². The fourth-order valence-corrected chi connectivity index (χ4v) is 6.00. The molecule has 26 heavy (non-hydrogen) atoms. The fourth-order valence-electron chi connectivity index (χ4n) is 6.00. The zero-order valence-corrected chi connectivity index (χ0v) is 15.4. The second-order valence-corrected chi connectivity index (χ2v) is 8.79. The second-order valence-electron chi connectivity index (χ2n) is 8.79. The van der Waals surface area contributed by atoms with Gasteiger partial charge in [0.1, 0.15) is 5.82 Å². The zero-order valence-electron chi connectivity index (χ0n) is 15.4. The summed E-state index contributed by atoms with van der Waals surface area (Å²) in [6.45, 7) is 3.92. The molecule has 3 aliphatic carbocycles. The summed E-state index contributed by atoms with van der Waals surface area (Å²) in [5.41, 5.74) is 0.194. The molecule has 0 radical (unpaired) electrons. The van der Waals surface area contributed by atoms with Crippen molar-refractivity contribution >= 4 is 0 Å². The molecule has 0 N–H and O–H groups in total. The smallest absolute Gasteiger partial charge is 0.206 e. The standard InChI is InChI=1S/C23H29F3/c1-2-15-6-8-16(9-7-15)17-10-12-18(13-11-17)20-14-19-4-3-5-21(24)22(19)23(20,25)26/h2-5,15-18,20H,1,6-14H2. The number of alkyl halides is 2. The van der Waals surface area contributed by atoms with Crippen molar-refractivity contribution in [1.82, 2.24) is 0 Å². The van der Waals surface area contributed by atoms with E-state index in [1.54, 1.807) is 12.1 Å². The minimum atomic E-state index is -3.01. The molecule has 0 heterocycles. The Labute approximate surface area is 154 Å². The highest BCUT2D eigenvalue weighted by atomic mass is 19.3. The first-order chi connectivity index (χ1) is 12.5. The molecule has 0 amide bonds. The zero-order chi connectivity index (χ0) is 18.3. The SMILES string of the molecule is C=CC1CCC(C2CCC(C3Cc4cccc(F)c4C3(F)F)CC2)CC1. The quantitative estimate of drug-likeness (QED) is 0.514. The third-order valence-corrected chi connectivity index (χ3v) is 7.54. The molecule has 2 fully saturated rings. The van der Waals surface area contributed by atoms with Gasteiger partial charge in [-0.15, -0.1) is 6.58 Å². The van der Waals surface area contributed by atoms with Gasteiger partial charge in [-0.1, -0.05) is 18.2 Å². The van der Waals surface area contributed by atoms with Crippen molar-refractivity contribution in [3.05, 3.63) is 47.8 Å². The lowest BCUT2D eigenvalue weighted by Gasteiger charge is -2.39. The van der Waals surface area contributed by atoms with Crippen molar-refractivity contribution < 1.29 is 13.2 Å². The molecule has 3 heteroatoms. The summed E-state index contributed by atoms with van der Waals surface area (Å²) in [6, 6.07) is 4.41. The van der Waals surface area contributed by atoms with Crippen molar-refractivity contribution in [3.8, 4) is 0 Å². The first kappa shape index (κ1) is 18.1. The molecule has 3 aliphatic rings. The average molecular weight is 362 g/mol. The van der Waals surface area contributed by atoms with Crippen LogP contribution in [-0.4, -0.2) is 0 Å². The van der Waals surface area contributed by atoms with E-state index in [2.05, 4.69) is 12.7 Å². The van der Waals surface area contributed by atoms with Crippen LogP contribution in [0.3, 0.4) is 0 Å². The lowest BCUT2D eigenvalue weighted by molar-refractivity contribution is -0.0853. The van der Waals surface area contributed by atoms with Crippen LogP contribution in [0.1, 0.15) is 62.5 Å². The van der Waals surface area contributed by atoms with Crippen LogP contribution in [0.25, 0.3) is 0 Å². The van der Waals surface area contributed by atoms with Gasteiger partial charge in [0.15, 0.2) is 0 Å². The van der Waals surface area contributed by atoms with E-state index in [0.717, 1.165) is 31.6 Å². The molecule has 142 valence electrons. The molecule has 4 rings (SSSR count). The maximum absolute atomic E-state index is 14.9. The third kappa shape index (κ3) is 3.12. The van der Waals surface area contributed by atoms with Crippen LogP contribution in [0.15, 0.2) is 30.9 Å². The van der Waals surface area contributed by atoms with Gasteiger partial charge < -0.3 is 0 Å². The lowest BCUT2D eigenvalue weighted by atomic mass is 9.67. The average Bonchev–Trinajstić information content (AvgIpc) is 2.94. The van der Waals surface area contributed by atoms with E-state index in [9.17, 15) is 13.2 Å². The Hall–Kier alpha value is -1.25. The normalized spacial score (nSPS) is 36.5. The van der Waals surface area contributed by atoms with Crippen molar-refractivity contribution in [1.29, 1.82) is 0 Å². The lowest BCUT2D eigenvalue weighted by Crippen LogP contribution is -2.33. The van der Waals surface area contributed by atoms with Crippen LogP contribution >= 0.6 is 0 Å². The van der Waals surface area contributed by atoms with E-state index in [4.69, 9.17) is 0 Å². The monoisotopic (exact) mass is 362 g/mol. The molecule has 1 aromatic carbocycles. The predicted octanol–water partition coefficient (Wildman–Crippen LogP) is 6.89. The molecule has 0 bridgehead atoms. The molecular formula is C23H29F3. The van der Waals surface area contributed by atoms with Gasteiger partial charge in [-0.3, -0.25) is 0 Å². The van der Waals surface area contributed by atoms with Gasteiger partial charge in [0, 0.05) is 5.92 Å². The molecular weight excluding hydrogens is 333 g/mol. The largest absolute Gasteiger partial charge is 0.279 e. The molecule has 1 unspecified atom stereocenters. The van der Waals surface area contributed by atoms with Crippen molar-refractivity contribution in [3.63, 3.8) is 0 Å². The third-order valence-electron chi connectivity index (χ3n) is 7.54. The van der Waals surface area contributed by atoms with Gasteiger partial charge in [0.05, 0.1) is 5.56 Å². The number of fused-ring (bicyclic) bond motifs is 1. The van der Waals surface area contributed by atoms with Gasteiger partial charge in [0.2, 0.25) is 0 Å². The van der Waals surface area contributed by atoms with E-state index in [1.165, 1.54) is 31.7 Å². The summed E-state index contributed by atoms with van der Waals surface area (Å²) in [4.78, 5) is 0. The van der Waals surface area contributed by atoms with Crippen LogP contribution in [0.5, 0.6) is 0 Å². The fraction of sp³-hybridized carbons (Fsp3) is 0.652. The molecule has 0 nitrogen and oxygen atoms in total. The van der Waals surface area contributed by atoms with Gasteiger partial charge in [0.25, 0.3) is 5.92 Å². The van der Waals surface area contributed by atoms with E-state index < -0.39 is 17.7 Å². The van der Waals surface area contributed by atoms with E-state index in [0.29, 0.717) is 23.8 Å². The summed E-state index contributed by atoms with van der Waals surface area (Å²) in [6.07, 6.45) is 11.3. The highest BCUT2D eigenvalue weighted by molar-refractivity contribution is 5.38. The minimum Gasteiger partial charge on any atom is -0.206 e. The Morgan fingerprint density at radius 3 is 2.04 bits per heavy atom. The van der Waals surface area contributed by atoms with Crippen LogP contribution in [-0.2, 0) is 12.3 Å². The van der Waals surface area contributed by atoms with Crippen LogP contribution in [0, 0.1) is 35.4 Å². The molecule has 2 saturated carbocycles. The number of rotatable bonds is 3. The maximum atomic E-state index is 14.9. The predicted molar refractivity (Wildman–Crippen MR) is 98.6 cm³/mol. The minimum absolute atomic E-state index is 0.0255. The first-order valence-corrected chi connectivity index (χ1v) is 10.3. The summed E-state index contributed by atoms with van der Waals surface area (Å²) < 4.78 is 43.9. The number of benzene rings is 1. The van der Waals surface area contributed by atoms with Gasteiger partial charge in [-0.05, 0) is 93.1 Å². The van der Waals surface area contributed by atoms with Crippen LogP contribution in [0.2, 0.25) is 0 Å². The Balaban J connectivity index is 1.39. The summed E-state index contributed by atoms with van der Waals surface area (Å²) in [7, 11) is 0. The maximum Gasteiger partial charge on any atom is 0.279 e. The molecule has 0 spiro atoms. The molecule has 1 atom stereocenters. The second kappa shape index (κ2) is 7.05. The van der Waals surface area contributed by atoms with Crippen LogP contribution < -0.4 is 0 Å². The number of hydrogen-bond acceptors (Lipinski definition) is 0. The Morgan fingerprint density at radius 1 is 0.885 bits per heavy atom. The molecule has 0 aromatic heterocycles.